The van der Waals surface area contributed by atoms with Crippen LogP contribution in [0.5, 0.6) is 11.5 Å². The highest BCUT2D eigenvalue weighted by atomic mass is 35.5. The zero-order valence-electron chi connectivity index (χ0n) is 12.2. The summed E-state index contributed by atoms with van der Waals surface area (Å²) in [4.78, 5) is 15.7. The van der Waals surface area contributed by atoms with Crippen molar-refractivity contribution in [3.05, 3.63) is 47.6 Å². The fraction of sp³-hybridized carbons (Fsp3) is 0.250. The van der Waals surface area contributed by atoms with Gasteiger partial charge in [-0.1, -0.05) is 18.5 Å². The van der Waals surface area contributed by atoms with E-state index in [2.05, 4.69) is 10.3 Å². The molecule has 1 amide bonds. The molecule has 0 aliphatic heterocycles. The van der Waals surface area contributed by atoms with Gasteiger partial charge in [0.1, 0.15) is 17.3 Å². The average molecular weight is 321 g/mol. The number of halogens is 1. The Kier molecular flexibility index (Phi) is 6.03. The predicted octanol–water partition coefficient (Wildman–Crippen LogP) is 3.54. The average Bonchev–Trinajstić information content (AvgIpc) is 2.54. The van der Waals surface area contributed by atoms with Crippen molar-refractivity contribution in [1.29, 1.82) is 0 Å². The van der Waals surface area contributed by atoms with E-state index in [-0.39, 0.29) is 12.5 Å². The van der Waals surface area contributed by atoms with E-state index in [1.165, 1.54) is 6.20 Å². The molecule has 22 heavy (non-hydrogen) atoms. The van der Waals surface area contributed by atoms with Gasteiger partial charge in [-0.15, -0.1) is 0 Å². The second-order valence-corrected chi connectivity index (χ2v) is 4.95. The zero-order chi connectivity index (χ0) is 15.8. The van der Waals surface area contributed by atoms with E-state index in [1.54, 1.807) is 24.3 Å². The fourth-order valence-corrected chi connectivity index (χ4v) is 1.74. The van der Waals surface area contributed by atoms with Crippen LogP contribution in [0.25, 0.3) is 0 Å². The molecular formula is C16H17ClN2O3. The van der Waals surface area contributed by atoms with Crippen molar-refractivity contribution in [3.8, 4) is 11.5 Å². The minimum Gasteiger partial charge on any atom is -0.494 e. The van der Waals surface area contributed by atoms with Crippen molar-refractivity contribution in [2.24, 2.45) is 0 Å². The molecule has 0 aliphatic rings. The van der Waals surface area contributed by atoms with Gasteiger partial charge in [-0.3, -0.25) is 4.79 Å². The fourth-order valence-electron chi connectivity index (χ4n) is 1.63. The number of carbonyl (C=O) groups excluding carboxylic acids is 1. The molecule has 0 fully saturated rings. The van der Waals surface area contributed by atoms with Crippen molar-refractivity contribution in [1.82, 2.24) is 4.98 Å². The number of amides is 1. The molecule has 0 saturated heterocycles. The number of aromatic nitrogens is 1. The number of hydrogen-bond acceptors (Lipinski definition) is 4. The molecule has 0 spiro atoms. The topological polar surface area (TPSA) is 60.5 Å². The van der Waals surface area contributed by atoms with E-state index in [9.17, 15) is 4.79 Å². The lowest BCUT2D eigenvalue weighted by atomic mass is 10.3. The molecule has 1 aromatic heterocycles. The summed E-state index contributed by atoms with van der Waals surface area (Å²) >= 11 is 5.72. The van der Waals surface area contributed by atoms with Crippen LogP contribution < -0.4 is 14.8 Å². The van der Waals surface area contributed by atoms with Crippen molar-refractivity contribution < 1.29 is 14.3 Å². The van der Waals surface area contributed by atoms with Crippen LogP contribution in [-0.2, 0) is 4.79 Å². The Bertz CT molecular complexity index is 600. The van der Waals surface area contributed by atoms with Gasteiger partial charge >= 0.3 is 0 Å². The van der Waals surface area contributed by atoms with Gasteiger partial charge in [-0.05, 0) is 42.8 Å². The first kappa shape index (κ1) is 16.1. The largest absolute Gasteiger partial charge is 0.494 e. The Morgan fingerprint density at radius 1 is 1.14 bits per heavy atom. The van der Waals surface area contributed by atoms with Crippen LogP contribution in [0.1, 0.15) is 13.3 Å². The molecule has 0 bridgehead atoms. The normalized spacial score (nSPS) is 10.1. The highest BCUT2D eigenvalue weighted by Gasteiger charge is 2.05. The third-order valence-corrected chi connectivity index (χ3v) is 2.88. The van der Waals surface area contributed by atoms with Gasteiger partial charge in [0.05, 0.1) is 11.6 Å². The lowest BCUT2D eigenvalue weighted by Gasteiger charge is -2.08. The number of anilines is 1. The second-order valence-electron chi connectivity index (χ2n) is 4.52. The van der Waals surface area contributed by atoms with E-state index < -0.39 is 0 Å². The molecule has 0 atom stereocenters. The number of carbonyl (C=O) groups is 1. The number of benzene rings is 1. The smallest absolute Gasteiger partial charge is 0.263 e. The molecule has 1 heterocycles. The number of ether oxygens (including phenoxy) is 2. The summed E-state index contributed by atoms with van der Waals surface area (Å²) in [6.07, 6.45) is 2.42. The molecule has 0 unspecified atom stereocenters. The molecule has 0 radical (unpaired) electrons. The minimum absolute atomic E-state index is 0.0977. The van der Waals surface area contributed by atoms with Gasteiger partial charge in [0.2, 0.25) is 0 Å². The first-order chi connectivity index (χ1) is 10.7. The zero-order valence-corrected chi connectivity index (χ0v) is 13.0. The monoisotopic (exact) mass is 320 g/mol. The summed E-state index contributed by atoms with van der Waals surface area (Å²) in [5.74, 6) is 1.52. The van der Waals surface area contributed by atoms with Crippen LogP contribution in [0.4, 0.5) is 5.82 Å². The summed E-state index contributed by atoms with van der Waals surface area (Å²) in [6, 6.07) is 10.4. The summed E-state index contributed by atoms with van der Waals surface area (Å²) in [5, 5.41) is 3.13. The van der Waals surface area contributed by atoms with Gasteiger partial charge in [-0.25, -0.2) is 4.98 Å². The minimum atomic E-state index is -0.291. The highest BCUT2D eigenvalue weighted by Crippen LogP contribution is 2.17. The van der Waals surface area contributed by atoms with Crippen LogP contribution in [0.3, 0.4) is 0 Å². The first-order valence-corrected chi connectivity index (χ1v) is 7.32. The van der Waals surface area contributed by atoms with E-state index in [0.29, 0.717) is 23.2 Å². The van der Waals surface area contributed by atoms with Gasteiger partial charge in [-0.2, -0.15) is 0 Å². The van der Waals surface area contributed by atoms with Crippen LogP contribution >= 0.6 is 11.6 Å². The SMILES string of the molecule is CCCOc1ccc(OCC(=O)Nc2ccc(Cl)cn2)cc1. The summed E-state index contributed by atoms with van der Waals surface area (Å²) in [7, 11) is 0. The maximum Gasteiger partial charge on any atom is 0.263 e. The molecule has 6 heteroatoms. The number of pyridine rings is 1. The van der Waals surface area contributed by atoms with E-state index in [4.69, 9.17) is 21.1 Å². The summed E-state index contributed by atoms with van der Waals surface area (Å²) in [6.45, 7) is 2.63. The number of nitrogens with zero attached hydrogens (tertiary/aromatic N) is 1. The van der Waals surface area contributed by atoms with E-state index >= 15 is 0 Å². The Morgan fingerprint density at radius 3 is 2.41 bits per heavy atom. The summed E-state index contributed by atoms with van der Waals surface area (Å²) < 4.78 is 10.9. The van der Waals surface area contributed by atoms with Crippen LogP contribution in [0, 0.1) is 0 Å². The Labute approximate surface area is 134 Å². The van der Waals surface area contributed by atoms with Crippen LogP contribution in [0.15, 0.2) is 42.6 Å². The molecular weight excluding hydrogens is 304 g/mol. The molecule has 1 N–H and O–H groups in total. The van der Waals surface area contributed by atoms with Crippen molar-refractivity contribution in [2.45, 2.75) is 13.3 Å². The molecule has 5 nitrogen and oxygen atoms in total. The van der Waals surface area contributed by atoms with Gasteiger partial charge in [0.15, 0.2) is 6.61 Å². The molecule has 2 aromatic rings. The maximum absolute atomic E-state index is 11.7. The van der Waals surface area contributed by atoms with Crippen LogP contribution in [0.2, 0.25) is 5.02 Å². The van der Waals surface area contributed by atoms with Crippen molar-refractivity contribution in [3.63, 3.8) is 0 Å². The molecule has 2 rings (SSSR count). The van der Waals surface area contributed by atoms with Gasteiger partial charge < -0.3 is 14.8 Å². The number of hydrogen-bond donors (Lipinski definition) is 1. The molecule has 116 valence electrons. The standard InChI is InChI=1S/C16H17ClN2O3/c1-2-9-21-13-4-6-14(7-5-13)22-11-16(20)19-15-8-3-12(17)10-18-15/h3-8,10H,2,9,11H2,1H3,(H,18,19,20). The first-order valence-electron chi connectivity index (χ1n) is 6.94. The highest BCUT2D eigenvalue weighted by molar-refractivity contribution is 6.30. The third kappa shape index (κ3) is 5.26. The number of nitrogens with one attached hydrogen (secondary N) is 1. The second kappa shape index (κ2) is 8.24. The Balaban J connectivity index is 1.79. The van der Waals surface area contributed by atoms with Crippen molar-refractivity contribution >= 4 is 23.3 Å². The van der Waals surface area contributed by atoms with E-state index in [0.717, 1.165) is 12.2 Å². The quantitative estimate of drug-likeness (QED) is 0.847. The number of rotatable bonds is 7. The van der Waals surface area contributed by atoms with Crippen molar-refractivity contribution in [2.75, 3.05) is 18.5 Å². The molecule has 1 aromatic carbocycles. The Morgan fingerprint density at radius 2 is 1.82 bits per heavy atom. The lowest BCUT2D eigenvalue weighted by molar-refractivity contribution is -0.118. The van der Waals surface area contributed by atoms with Gasteiger partial charge in [0, 0.05) is 6.20 Å². The van der Waals surface area contributed by atoms with Crippen LogP contribution in [-0.4, -0.2) is 24.1 Å². The summed E-state index contributed by atoms with van der Waals surface area (Å²) in [5.41, 5.74) is 0. The van der Waals surface area contributed by atoms with E-state index in [1.807, 2.05) is 19.1 Å². The maximum atomic E-state index is 11.7. The third-order valence-electron chi connectivity index (χ3n) is 2.66. The molecule has 0 saturated carbocycles. The lowest BCUT2D eigenvalue weighted by Crippen LogP contribution is -2.20. The predicted molar refractivity (Wildman–Crippen MR) is 85.6 cm³/mol. The molecule has 0 aliphatic carbocycles. The Hall–Kier alpha value is -2.27. The van der Waals surface area contributed by atoms with Gasteiger partial charge in [0.25, 0.3) is 5.91 Å².